The topological polar surface area (TPSA) is 88.5 Å². The molecular formula is C20H27NO6. The van der Waals surface area contributed by atoms with Crippen LogP contribution in [0, 0.1) is 0 Å². The lowest BCUT2D eigenvalue weighted by atomic mass is 9.94. The van der Waals surface area contributed by atoms with E-state index in [0.717, 1.165) is 31.2 Å². The first kappa shape index (κ1) is 18.7. The minimum atomic E-state index is -1.08. The average molecular weight is 377 g/mol. The molecule has 0 unspecified atom stereocenters. The van der Waals surface area contributed by atoms with Gasteiger partial charge in [-0.1, -0.05) is 36.8 Å². The smallest absolute Gasteiger partial charge is 0.410 e. The first-order valence-corrected chi connectivity index (χ1v) is 9.73. The van der Waals surface area contributed by atoms with Crippen molar-refractivity contribution in [1.82, 2.24) is 4.90 Å². The van der Waals surface area contributed by atoms with Gasteiger partial charge in [0, 0.05) is 12.8 Å². The summed E-state index contributed by atoms with van der Waals surface area (Å²) in [4.78, 5) is 14.0. The van der Waals surface area contributed by atoms with Crippen molar-refractivity contribution in [1.29, 1.82) is 0 Å². The van der Waals surface area contributed by atoms with Crippen LogP contribution in [0.3, 0.4) is 0 Å². The van der Waals surface area contributed by atoms with E-state index >= 15 is 0 Å². The van der Waals surface area contributed by atoms with E-state index in [2.05, 4.69) is 0 Å². The molecule has 1 aromatic carbocycles. The Morgan fingerprint density at radius 3 is 2.67 bits per heavy atom. The minimum absolute atomic E-state index is 0.0202. The molecule has 3 aliphatic rings. The highest BCUT2D eigenvalue weighted by Crippen LogP contribution is 2.40. The number of rotatable bonds is 3. The molecule has 0 bridgehead atoms. The quantitative estimate of drug-likeness (QED) is 0.835. The summed E-state index contributed by atoms with van der Waals surface area (Å²) in [6.07, 6.45) is 1.78. The average Bonchev–Trinajstić information content (AvgIpc) is 3.22. The normalized spacial score (nSPS) is 32.7. The fourth-order valence-corrected chi connectivity index (χ4v) is 4.36. The van der Waals surface area contributed by atoms with Gasteiger partial charge in [0.15, 0.2) is 5.79 Å². The van der Waals surface area contributed by atoms with Gasteiger partial charge in [-0.2, -0.15) is 0 Å². The number of aliphatic hydroxyl groups is 2. The Morgan fingerprint density at radius 1 is 1.19 bits per heavy atom. The zero-order valence-corrected chi connectivity index (χ0v) is 15.3. The van der Waals surface area contributed by atoms with Crippen molar-refractivity contribution in [2.75, 3.05) is 13.2 Å². The van der Waals surface area contributed by atoms with Crippen molar-refractivity contribution in [3.05, 3.63) is 35.9 Å². The van der Waals surface area contributed by atoms with Crippen LogP contribution in [0.1, 0.15) is 37.7 Å². The van der Waals surface area contributed by atoms with E-state index in [1.807, 2.05) is 30.3 Å². The summed E-state index contributed by atoms with van der Waals surface area (Å²) in [5.41, 5.74) is 0.879. The molecular weight excluding hydrogens is 350 g/mol. The third kappa shape index (κ3) is 3.82. The monoisotopic (exact) mass is 377 g/mol. The SMILES string of the molecule is O=C(OCc1ccccc1)N1C[C@@H](O)[C@@H](O)[C@@H]1[C@H]1COC2(CCCCC2)O1. The van der Waals surface area contributed by atoms with E-state index in [9.17, 15) is 15.0 Å². The zero-order valence-electron chi connectivity index (χ0n) is 15.3. The Bertz CT molecular complexity index is 647. The Hall–Kier alpha value is -1.67. The lowest BCUT2D eigenvalue weighted by Crippen LogP contribution is -2.49. The zero-order chi connectivity index (χ0) is 18.9. The maximum Gasteiger partial charge on any atom is 0.410 e. The van der Waals surface area contributed by atoms with Crippen molar-refractivity contribution in [3.8, 4) is 0 Å². The number of β-amino-alcohol motifs (C(OH)–C–C–N with tert-alkyl or cyclic N) is 1. The molecule has 0 aromatic heterocycles. The molecule has 3 fully saturated rings. The molecule has 1 aliphatic carbocycles. The van der Waals surface area contributed by atoms with Gasteiger partial charge in [0.1, 0.15) is 18.8 Å². The number of hydrogen-bond acceptors (Lipinski definition) is 6. The van der Waals surface area contributed by atoms with Crippen LogP contribution in [-0.4, -0.2) is 64.5 Å². The van der Waals surface area contributed by atoms with Crippen LogP contribution in [0.2, 0.25) is 0 Å². The van der Waals surface area contributed by atoms with Crippen LogP contribution in [-0.2, 0) is 20.8 Å². The lowest BCUT2D eigenvalue weighted by Gasteiger charge is -2.34. The molecule has 4 atom stereocenters. The first-order chi connectivity index (χ1) is 13.1. The second kappa shape index (κ2) is 7.75. The van der Waals surface area contributed by atoms with Crippen molar-refractivity contribution < 1.29 is 29.2 Å². The van der Waals surface area contributed by atoms with Crippen LogP contribution in [0.25, 0.3) is 0 Å². The Morgan fingerprint density at radius 2 is 1.93 bits per heavy atom. The van der Waals surface area contributed by atoms with Crippen molar-refractivity contribution in [3.63, 3.8) is 0 Å². The van der Waals surface area contributed by atoms with E-state index in [0.29, 0.717) is 6.61 Å². The largest absolute Gasteiger partial charge is 0.445 e. The number of carbonyl (C=O) groups excluding carboxylic acids is 1. The Balaban J connectivity index is 1.42. The van der Waals surface area contributed by atoms with Gasteiger partial charge in [-0.3, -0.25) is 4.90 Å². The van der Waals surface area contributed by atoms with E-state index in [-0.39, 0.29) is 13.2 Å². The third-order valence-corrected chi connectivity index (χ3v) is 5.80. The van der Waals surface area contributed by atoms with Gasteiger partial charge in [0.25, 0.3) is 0 Å². The molecule has 1 saturated carbocycles. The van der Waals surface area contributed by atoms with E-state index < -0.39 is 36.2 Å². The van der Waals surface area contributed by atoms with Gasteiger partial charge >= 0.3 is 6.09 Å². The number of ether oxygens (including phenoxy) is 3. The maximum absolute atomic E-state index is 12.6. The summed E-state index contributed by atoms with van der Waals surface area (Å²) < 4.78 is 17.6. The number of benzene rings is 1. The van der Waals surface area contributed by atoms with Crippen LogP contribution >= 0.6 is 0 Å². The number of hydrogen-bond donors (Lipinski definition) is 2. The number of likely N-dealkylation sites (tertiary alicyclic amines) is 1. The molecule has 148 valence electrons. The molecule has 1 spiro atoms. The summed E-state index contributed by atoms with van der Waals surface area (Å²) in [6.45, 7) is 0.463. The number of aliphatic hydroxyl groups excluding tert-OH is 2. The van der Waals surface area contributed by atoms with Crippen molar-refractivity contribution in [2.24, 2.45) is 0 Å². The third-order valence-electron chi connectivity index (χ3n) is 5.80. The van der Waals surface area contributed by atoms with Gasteiger partial charge in [-0.05, 0) is 18.4 Å². The van der Waals surface area contributed by atoms with Crippen molar-refractivity contribution >= 4 is 6.09 Å². The van der Waals surface area contributed by atoms with Gasteiger partial charge in [-0.25, -0.2) is 4.79 Å². The summed E-state index contributed by atoms with van der Waals surface area (Å²) in [6, 6.07) is 8.72. The van der Waals surface area contributed by atoms with Crippen LogP contribution in [0.4, 0.5) is 4.79 Å². The highest BCUT2D eigenvalue weighted by atomic mass is 16.7. The fourth-order valence-electron chi connectivity index (χ4n) is 4.36. The molecule has 7 heteroatoms. The lowest BCUT2D eigenvalue weighted by molar-refractivity contribution is -0.193. The molecule has 1 aromatic rings. The van der Waals surface area contributed by atoms with Gasteiger partial charge < -0.3 is 24.4 Å². The van der Waals surface area contributed by atoms with E-state index in [1.165, 1.54) is 11.3 Å². The number of amides is 1. The molecule has 7 nitrogen and oxygen atoms in total. The molecule has 4 rings (SSSR count). The standard InChI is InChI=1S/C20H27NO6/c22-15-11-21(19(24)25-12-14-7-3-1-4-8-14)17(18(15)23)16-13-26-20(27-16)9-5-2-6-10-20/h1,3-4,7-8,15-18,22-23H,2,5-6,9-13H2/t15-,16-,17+,18-/m1/s1. The molecule has 2 aliphatic heterocycles. The summed E-state index contributed by atoms with van der Waals surface area (Å²) in [5.74, 6) is -0.601. The number of carbonyl (C=O) groups is 1. The maximum atomic E-state index is 12.6. The van der Waals surface area contributed by atoms with Crippen LogP contribution in [0.15, 0.2) is 30.3 Å². The van der Waals surface area contributed by atoms with Gasteiger partial charge in [0.2, 0.25) is 0 Å². The van der Waals surface area contributed by atoms with Crippen molar-refractivity contribution in [2.45, 2.75) is 68.9 Å². The molecule has 0 radical (unpaired) electrons. The fraction of sp³-hybridized carbons (Fsp3) is 0.650. The molecule has 27 heavy (non-hydrogen) atoms. The summed E-state index contributed by atoms with van der Waals surface area (Å²) in [5, 5.41) is 20.6. The minimum Gasteiger partial charge on any atom is -0.445 e. The molecule has 2 saturated heterocycles. The van der Waals surface area contributed by atoms with Gasteiger partial charge in [-0.15, -0.1) is 0 Å². The second-order valence-electron chi connectivity index (χ2n) is 7.68. The predicted octanol–water partition coefficient (Wildman–Crippen LogP) is 1.80. The Labute approximate surface area is 158 Å². The summed E-state index contributed by atoms with van der Waals surface area (Å²) in [7, 11) is 0. The van der Waals surface area contributed by atoms with E-state index in [1.54, 1.807) is 0 Å². The first-order valence-electron chi connectivity index (χ1n) is 9.73. The van der Waals surface area contributed by atoms with E-state index in [4.69, 9.17) is 14.2 Å². The second-order valence-corrected chi connectivity index (χ2v) is 7.68. The molecule has 1 amide bonds. The predicted molar refractivity (Wildman–Crippen MR) is 95.8 cm³/mol. The highest BCUT2D eigenvalue weighted by molar-refractivity contribution is 5.69. The van der Waals surface area contributed by atoms with Crippen LogP contribution < -0.4 is 0 Å². The molecule has 2 N–H and O–H groups in total. The molecule has 2 heterocycles. The summed E-state index contributed by atoms with van der Waals surface area (Å²) >= 11 is 0. The number of nitrogens with zero attached hydrogens (tertiary/aromatic N) is 1. The Kier molecular flexibility index (Phi) is 5.36. The highest BCUT2D eigenvalue weighted by Gasteiger charge is 2.53. The van der Waals surface area contributed by atoms with Gasteiger partial charge in [0.05, 0.1) is 25.3 Å². The van der Waals surface area contributed by atoms with Crippen LogP contribution in [0.5, 0.6) is 0 Å².